The van der Waals surface area contributed by atoms with E-state index in [1.807, 2.05) is 0 Å². The smallest absolute Gasteiger partial charge is 0.283 e. The minimum Gasteiger partial charge on any atom is -0.356 e. The fraction of sp³-hybridized carbons (Fsp3) is 0.438. The first-order valence-electron chi connectivity index (χ1n) is 8.20. The van der Waals surface area contributed by atoms with Crippen molar-refractivity contribution in [2.45, 2.75) is 36.3 Å². The number of nitrogens with zero attached hydrogens (tertiary/aromatic N) is 2. The second kappa shape index (κ2) is 7.20. The number of rotatable bonds is 7. The monoisotopic (exact) mass is 396 g/mol. The van der Waals surface area contributed by atoms with Gasteiger partial charge in [0.15, 0.2) is 0 Å². The maximum atomic E-state index is 12.5. The number of sulfonamides is 1. The molecule has 2 heterocycles. The molecule has 2 N–H and O–H groups in total. The van der Waals surface area contributed by atoms with Gasteiger partial charge in [0.1, 0.15) is 9.90 Å². The van der Waals surface area contributed by atoms with E-state index in [0.29, 0.717) is 18.7 Å². The molecule has 1 aliphatic carbocycles. The van der Waals surface area contributed by atoms with E-state index >= 15 is 0 Å². The van der Waals surface area contributed by atoms with Gasteiger partial charge >= 0.3 is 0 Å². The molecule has 0 spiro atoms. The zero-order valence-corrected chi connectivity index (χ0v) is 16.1. The highest BCUT2D eigenvalue weighted by Gasteiger charge is 2.32. The van der Waals surface area contributed by atoms with Crippen LogP contribution in [0.3, 0.4) is 0 Å². The lowest BCUT2D eigenvalue weighted by Gasteiger charge is -2.07. The van der Waals surface area contributed by atoms with Crippen LogP contribution in [0.2, 0.25) is 0 Å². The topological polar surface area (TPSA) is 110 Å². The predicted octanol–water partition coefficient (Wildman–Crippen LogP) is 1.16. The van der Waals surface area contributed by atoms with Gasteiger partial charge in [0.05, 0.1) is 6.20 Å². The number of hydrogen-bond donors (Lipinski definition) is 2. The molecule has 0 radical (unpaired) electrons. The fourth-order valence-corrected chi connectivity index (χ4v) is 4.95. The quantitative estimate of drug-likeness (QED) is 0.730. The summed E-state index contributed by atoms with van der Waals surface area (Å²) in [5.41, 5.74) is 1.08. The van der Waals surface area contributed by atoms with Gasteiger partial charge in [-0.2, -0.15) is 5.10 Å². The zero-order chi connectivity index (χ0) is 18.9. The van der Waals surface area contributed by atoms with Gasteiger partial charge in [0.2, 0.25) is 5.91 Å². The van der Waals surface area contributed by atoms with Crippen molar-refractivity contribution in [1.29, 1.82) is 0 Å². The van der Waals surface area contributed by atoms with Crippen molar-refractivity contribution in [3.8, 4) is 0 Å². The molecule has 140 valence electrons. The van der Waals surface area contributed by atoms with Crippen LogP contribution in [0.1, 0.15) is 46.6 Å². The van der Waals surface area contributed by atoms with Crippen LogP contribution in [-0.4, -0.2) is 36.6 Å². The first-order chi connectivity index (χ1) is 12.3. The molecule has 0 atom stereocenters. The molecule has 0 unspecified atom stereocenters. The summed E-state index contributed by atoms with van der Waals surface area (Å²) in [6, 6.07) is 3.15. The Labute approximate surface area is 155 Å². The molecule has 2 aromatic heterocycles. The molecular weight excluding hydrogens is 376 g/mol. The number of nitrogens with one attached hydrogen (secondary N) is 2. The van der Waals surface area contributed by atoms with Crippen LogP contribution >= 0.6 is 11.3 Å². The minimum atomic E-state index is -3.95. The normalized spacial score (nSPS) is 14.2. The van der Waals surface area contributed by atoms with E-state index in [1.54, 1.807) is 19.3 Å². The molecule has 0 saturated heterocycles. The summed E-state index contributed by atoms with van der Waals surface area (Å²) in [6.07, 6.45) is 4.13. The number of hydrogen-bond acceptors (Lipinski definition) is 6. The van der Waals surface area contributed by atoms with Crippen molar-refractivity contribution in [2.75, 3.05) is 6.54 Å². The number of amides is 2. The van der Waals surface area contributed by atoms with Crippen LogP contribution < -0.4 is 10.0 Å². The second-order valence-electron chi connectivity index (χ2n) is 6.23. The molecule has 26 heavy (non-hydrogen) atoms. The average molecular weight is 396 g/mol. The molecule has 1 fully saturated rings. The first kappa shape index (κ1) is 18.6. The summed E-state index contributed by atoms with van der Waals surface area (Å²) in [6.45, 7) is 1.86. The Morgan fingerprint density at radius 3 is 2.73 bits per heavy atom. The third-order valence-corrected chi connectivity index (χ3v) is 7.04. The molecule has 3 rings (SSSR count). The van der Waals surface area contributed by atoms with Crippen molar-refractivity contribution in [2.24, 2.45) is 7.05 Å². The third-order valence-electron chi connectivity index (χ3n) is 4.07. The number of aryl methyl sites for hydroxylation is 1. The van der Waals surface area contributed by atoms with Gasteiger partial charge in [-0.3, -0.25) is 14.3 Å². The van der Waals surface area contributed by atoms with Gasteiger partial charge in [-0.25, -0.2) is 13.1 Å². The highest BCUT2D eigenvalue weighted by atomic mass is 32.2. The van der Waals surface area contributed by atoms with Gasteiger partial charge in [-0.05, 0) is 37.3 Å². The van der Waals surface area contributed by atoms with E-state index in [9.17, 15) is 18.0 Å². The number of carbonyl (C=O) groups is 2. The molecule has 1 saturated carbocycles. The number of carbonyl (C=O) groups excluding carboxylic acids is 2. The molecule has 8 nitrogen and oxygen atoms in total. The first-order valence-corrected chi connectivity index (χ1v) is 10.5. The summed E-state index contributed by atoms with van der Waals surface area (Å²) in [7, 11) is -2.33. The largest absolute Gasteiger partial charge is 0.356 e. The van der Waals surface area contributed by atoms with Crippen molar-refractivity contribution in [1.82, 2.24) is 19.8 Å². The minimum absolute atomic E-state index is 0.0683. The molecule has 0 aromatic carbocycles. The Balaban J connectivity index is 1.71. The third kappa shape index (κ3) is 4.13. The maximum absolute atomic E-state index is 12.5. The Hall–Kier alpha value is -2.20. The predicted molar refractivity (Wildman–Crippen MR) is 96.5 cm³/mol. The molecule has 2 amide bonds. The SMILES string of the molecule is CC(=O)NCCc1ccc(S(=O)(=O)NC(=O)c2c(C3CC3)cnn2C)s1. The van der Waals surface area contributed by atoms with E-state index in [-0.39, 0.29) is 16.0 Å². The van der Waals surface area contributed by atoms with Crippen LogP contribution in [0.4, 0.5) is 0 Å². The Morgan fingerprint density at radius 2 is 2.08 bits per heavy atom. The lowest BCUT2D eigenvalue weighted by atomic mass is 10.1. The Kier molecular flexibility index (Phi) is 5.15. The lowest BCUT2D eigenvalue weighted by molar-refractivity contribution is -0.118. The highest BCUT2D eigenvalue weighted by molar-refractivity contribution is 7.92. The summed E-state index contributed by atoms with van der Waals surface area (Å²) in [5.74, 6) is -0.515. The van der Waals surface area contributed by atoms with E-state index in [1.165, 1.54) is 17.7 Å². The van der Waals surface area contributed by atoms with Gasteiger partial charge in [0.25, 0.3) is 15.9 Å². The zero-order valence-electron chi connectivity index (χ0n) is 14.5. The van der Waals surface area contributed by atoms with E-state index in [0.717, 1.165) is 34.6 Å². The molecule has 10 heteroatoms. The molecule has 2 aromatic rings. The fourth-order valence-electron chi connectivity index (χ4n) is 2.65. The maximum Gasteiger partial charge on any atom is 0.283 e. The van der Waals surface area contributed by atoms with Crippen molar-refractivity contribution in [3.05, 3.63) is 34.5 Å². The second-order valence-corrected chi connectivity index (χ2v) is 9.31. The van der Waals surface area contributed by atoms with Crippen LogP contribution in [0.15, 0.2) is 22.5 Å². The number of aromatic nitrogens is 2. The van der Waals surface area contributed by atoms with Crippen LogP contribution in [0.25, 0.3) is 0 Å². The van der Waals surface area contributed by atoms with Gasteiger partial charge in [-0.15, -0.1) is 11.3 Å². The average Bonchev–Trinajstić information content (AvgIpc) is 3.14. The summed E-state index contributed by atoms with van der Waals surface area (Å²) >= 11 is 1.08. The van der Waals surface area contributed by atoms with E-state index < -0.39 is 15.9 Å². The molecular formula is C16H20N4O4S2. The van der Waals surface area contributed by atoms with Crippen molar-refractivity contribution in [3.63, 3.8) is 0 Å². The summed E-state index contributed by atoms with van der Waals surface area (Å²) in [4.78, 5) is 24.2. The van der Waals surface area contributed by atoms with Crippen molar-refractivity contribution < 1.29 is 18.0 Å². The van der Waals surface area contributed by atoms with Crippen LogP contribution in [0, 0.1) is 0 Å². The summed E-state index contributed by atoms with van der Waals surface area (Å²) < 4.78 is 28.7. The van der Waals surface area contributed by atoms with E-state index in [4.69, 9.17) is 0 Å². The Bertz CT molecular complexity index is 941. The van der Waals surface area contributed by atoms with Crippen molar-refractivity contribution >= 4 is 33.2 Å². The van der Waals surface area contributed by atoms with Gasteiger partial charge in [0, 0.05) is 31.0 Å². The molecule has 0 aliphatic heterocycles. The van der Waals surface area contributed by atoms with Gasteiger partial charge < -0.3 is 5.32 Å². The molecule has 0 bridgehead atoms. The Morgan fingerprint density at radius 1 is 1.35 bits per heavy atom. The highest BCUT2D eigenvalue weighted by Crippen LogP contribution is 2.41. The van der Waals surface area contributed by atoms with Gasteiger partial charge in [-0.1, -0.05) is 0 Å². The van der Waals surface area contributed by atoms with Crippen LogP contribution in [0.5, 0.6) is 0 Å². The standard InChI is InChI=1S/C16H20N4O4S2/c1-10(21)17-8-7-12-5-6-14(25-12)26(23,24)19-16(22)15-13(11-3-4-11)9-18-20(15)2/h5-6,9,11H,3-4,7-8H2,1-2H3,(H,17,21)(H,19,22). The van der Waals surface area contributed by atoms with Crippen LogP contribution in [-0.2, 0) is 28.3 Å². The summed E-state index contributed by atoms with van der Waals surface area (Å²) in [5, 5.41) is 6.74. The molecule has 1 aliphatic rings. The van der Waals surface area contributed by atoms with E-state index in [2.05, 4.69) is 15.1 Å². The number of thiophene rings is 1. The lowest BCUT2D eigenvalue weighted by Crippen LogP contribution is -2.32.